The normalized spacial score (nSPS) is 26.6. The summed E-state index contributed by atoms with van der Waals surface area (Å²) in [4.78, 5) is 100. The lowest BCUT2D eigenvalue weighted by Crippen LogP contribution is -2.82. The Kier molecular flexibility index (Phi) is 23.4. The lowest BCUT2D eigenvalue weighted by Gasteiger charge is -2.67. The molecule has 7 rings (SSSR count). The maximum absolute atomic E-state index is 15.8. The van der Waals surface area contributed by atoms with Crippen molar-refractivity contribution in [2.24, 2.45) is 16.7 Å². The number of rotatable bonds is 26. The number of nitrogens with one attached hydrogen (secondary N) is 1. The Balaban J connectivity index is 1.17. The van der Waals surface area contributed by atoms with Crippen LogP contribution in [0.1, 0.15) is 145 Å². The Bertz CT molecular complexity index is 3110. The Morgan fingerprint density at radius 2 is 1.25 bits per heavy atom. The summed E-state index contributed by atoms with van der Waals surface area (Å²) in [5.74, 6) is -7.08. The smallest absolute Gasteiger partial charge is 0.455 e. The Hall–Kier alpha value is -7.99. The van der Waals surface area contributed by atoms with Crippen LogP contribution >= 0.6 is 0 Å². The van der Waals surface area contributed by atoms with Crippen LogP contribution in [-0.2, 0) is 52.3 Å². The topological polar surface area (TPSA) is 237 Å². The van der Waals surface area contributed by atoms with E-state index in [1.165, 1.54) is 26.0 Å². The first-order chi connectivity index (χ1) is 41.7. The zero-order chi connectivity index (χ0) is 62.8. The zero-order valence-corrected chi connectivity index (χ0v) is 50.8. The van der Waals surface area contributed by atoms with Gasteiger partial charge in [0.15, 0.2) is 17.5 Å². The summed E-state index contributed by atoms with van der Waals surface area (Å²) in [6.45, 7) is 9.92. The van der Waals surface area contributed by atoms with E-state index in [-0.39, 0.29) is 41.9 Å². The van der Waals surface area contributed by atoms with E-state index < -0.39 is 119 Å². The van der Waals surface area contributed by atoms with E-state index in [9.17, 15) is 34.2 Å². The summed E-state index contributed by atoms with van der Waals surface area (Å²) in [5.41, 5.74) is -7.52. The molecule has 11 atom stereocenters. The lowest BCUT2D eigenvalue weighted by molar-refractivity contribution is -0.346. The van der Waals surface area contributed by atoms with Crippen molar-refractivity contribution < 1.29 is 76.9 Å². The molecular formula is C70H83NO16. The second kappa shape index (κ2) is 30.6. The maximum Gasteiger partial charge on any atom is 0.509 e. The summed E-state index contributed by atoms with van der Waals surface area (Å²) in [6.07, 6.45) is 19.4. The summed E-state index contributed by atoms with van der Waals surface area (Å²) in [6, 6.07) is 22.8. The molecule has 1 unspecified atom stereocenters. The molecule has 3 aromatic rings. The number of esters is 4. The molecule has 2 saturated carbocycles. The molecule has 3 N–H and O–H groups in total. The molecule has 0 spiro atoms. The molecule has 3 aliphatic carbocycles. The third-order valence-electron chi connectivity index (χ3n) is 17.0. The van der Waals surface area contributed by atoms with E-state index >= 15 is 9.59 Å². The number of fused-ring (bicyclic) bond motifs is 5. The van der Waals surface area contributed by atoms with Gasteiger partial charge in [-0.3, -0.25) is 19.2 Å². The number of ketones is 1. The number of allylic oxidation sites excluding steroid dienone is 12. The highest BCUT2D eigenvalue weighted by Gasteiger charge is 2.78. The van der Waals surface area contributed by atoms with E-state index in [4.69, 9.17) is 33.2 Å². The number of carbonyl (C=O) groups is 7. The number of aliphatic hydroxyl groups excluding tert-OH is 1. The predicted molar refractivity (Wildman–Crippen MR) is 325 cm³/mol. The quantitative estimate of drug-likeness (QED) is 0.0293. The Morgan fingerprint density at radius 3 is 1.78 bits per heavy atom. The molecule has 464 valence electrons. The van der Waals surface area contributed by atoms with Gasteiger partial charge in [0.05, 0.1) is 36.2 Å². The zero-order valence-electron chi connectivity index (χ0n) is 50.8. The molecule has 3 aromatic carbocycles. The molecule has 17 heteroatoms. The van der Waals surface area contributed by atoms with Crippen molar-refractivity contribution in [3.63, 3.8) is 0 Å². The van der Waals surface area contributed by atoms with Gasteiger partial charge in [0.1, 0.15) is 30.0 Å². The van der Waals surface area contributed by atoms with Crippen molar-refractivity contribution in [2.75, 3.05) is 13.2 Å². The molecule has 1 saturated heterocycles. The molecule has 17 nitrogen and oxygen atoms in total. The van der Waals surface area contributed by atoms with Crippen LogP contribution in [0.15, 0.2) is 175 Å². The highest BCUT2D eigenvalue weighted by molar-refractivity contribution is 5.96. The minimum atomic E-state index is -2.48. The van der Waals surface area contributed by atoms with E-state index in [0.29, 0.717) is 24.8 Å². The van der Waals surface area contributed by atoms with Crippen LogP contribution in [0.3, 0.4) is 0 Å². The number of carbonyl (C=O) groups excluding carboxylic acids is 7. The SMILES string of the molecule is CC/C=C\C/C=C\C/C=C\C/C=C\C/C=C\C/C=C\CCCOC(=O)O[C@@H](C(=O)O[C@H]1C[C@@]2(O)[C@@H](OC(=O)c3ccccc3)C3[C@](C)(C(=O)[C@H](OC(C)=O)C(=C1C)C2(C)C)[C@@H](O)C[C@H]1OC[C@@]31OC(C)=O)[C@@H](NC(=O)c1ccccc1)c1ccccc1. The number of hydrogen-bond acceptors (Lipinski definition) is 16. The summed E-state index contributed by atoms with van der Waals surface area (Å²) >= 11 is 0. The number of hydrogen-bond donors (Lipinski definition) is 3. The van der Waals surface area contributed by atoms with Crippen molar-refractivity contribution >= 4 is 41.7 Å². The molecule has 1 aliphatic heterocycles. The number of unbranched alkanes of at least 4 members (excludes halogenated alkanes) is 1. The van der Waals surface area contributed by atoms with Gasteiger partial charge in [-0.05, 0) is 106 Å². The molecule has 4 aliphatic rings. The lowest BCUT2D eigenvalue weighted by atomic mass is 9.44. The minimum Gasteiger partial charge on any atom is -0.455 e. The largest absolute Gasteiger partial charge is 0.509 e. The van der Waals surface area contributed by atoms with Gasteiger partial charge in [-0.1, -0.05) is 160 Å². The molecule has 87 heavy (non-hydrogen) atoms. The second-order valence-electron chi connectivity index (χ2n) is 23.1. The average Bonchev–Trinajstić information content (AvgIpc) is 0.682. The van der Waals surface area contributed by atoms with Gasteiger partial charge in [0.2, 0.25) is 6.10 Å². The fourth-order valence-corrected chi connectivity index (χ4v) is 12.4. The van der Waals surface area contributed by atoms with Gasteiger partial charge < -0.3 is 48.7 Å². The third kappa shape index (κ3) is 15.6. The third-order valence-corrected chi connectivity index (χ3v) is 17.0. The van der Waals surface area contributed by atoms with Crippen LogP contribution in [-0.4, -0.2) is 113 Å². The average molecular weight is 1190 g/mol. The van der Waals surface area contributed by atoms with Crippen molar-refractivity contribution in [2.45, 2.75) is 167 Å². The van der Waals surface area contributed by atoms with E-state index in [2.05, 4.69) is 73.0 Å². The van der Waals surface area contributed by atoms with Gasteiger partial charge in [-0.2, -0.15) is 0 Å². The number of amides is 1. The first-order valence-electron chi connectivity index (χ1n) is 30.0. The number of ether oxygens (including phenoxy) is 7. The van der Waals surface area contributed by atoms with Gasteiger partial charge in [0.25, 0.3) is 5.91 Å². The molecule has 3 fully saturated rings. The van der Waals surface area contributed by atoms with Crippen LogP contribution in [0.2, 0.25) is 0 Å². The summed E-state index contributed by atoms with van der Waals surface area (Å²) < 4.78 is 42.5. The Labute approximate surface area is 510 Å². The molecule has 0 radical (unpaired) electrons. The second-order valence-corrected chi connectivity index (χ2v) is 23.1. The van der Waals surface area contributed by atoms with Gasteiger partial charge in [-0.25, -0.2) is 14.4 Å². The summed E-state index contributed by atoms with van der Waals surface area (Å²) in [5, 5.41) is 29.2. The molecular weight excluding hydrogens is 1110 g/mol. The fourth-order valence-electron chi connectivity index (χ4n) is 12.4. The molecule has 1 heterocycles. The van der Waals surface area contributed by atoms with Crippen LogP contribution in [0.25, 0.3) is 0 Å². The monoisotopic (exact) mass is 1190 g/mol. The van der Waals surface area contributed by atoms with E-state index in [0.717, 1.165) is 46.0 Å². The Morgan fingerprint density at radius 1 is 0.713 bits per heavy atom. The first-order valence-corrected chi connectivity index (χ1v) is 30.0. The van der Waals surface area contributed by atoms with Crippen LogP contribution in [0.4, 0.5) is 4.79 Å². The molecule has 2 bridgehead atoms. The van der Waals surface area contributed by atoms with Crippen molar-refractivity contribution in [1.29, 1.82) is 0 Å². The van der Waals surface area contributed by atoms with E-state index in [1.807, 2.05) is 12.2 Å². The van der Waals surface area contributed by atoms with Crippen LogP contribution in [0.5, 0.6) is 0 Å². The number of aliphatic hydroxyl groups is 2. The van der Waals surface area contributed by atoms with Crippen LogP contribution in [0, 0.1) is 16.7 Å². The van der Waals surface area contributed by atoms with Crippen molar-refractivity contribution in [3.8, 4) is 0 Å². The molecule has 1 amide bonds. The van der Waals surface area contributed by atoms with Gasteiger partial charge in [0, 0.05) is 37.7 Å². The molecule has 0 aromatic heterocycles. The summed E-state index contributed by atoms with van der Waals surface area (Å²) in [7, 11) is 0. The van der Waals surface area contributed by atoms with Gasteiger partial charge in [-0.15, -0.1) is 0 Å². The first kappa shape index (κ1) is 66.5. The van der Waals surface area contributed by atoms with Crippen LogP contribution < -0.4 is 5.32 Å². The maximum atomic E-state index is 15.8. The fraction of sp³-hybridized carbons (Fsp3) is 0.443. The predicted octanol–water partition coefficient (Wildman–Crippen LogP) is 11.4. The number of Topliss-reactive ketones (excluding diaryl/α,β-unsaturated/α-hetero) is 1. The standard InChI is InChI=1S/C70H83NO16/c1-8-9-10-11-12-13-14-15-16-17-18-19-20-21-22-23-24-25-26-36-43-81-66(79)85-59(57(50-37-30-27-31-38-50)71-63(76)51-39-32-28-33-40-51)65(78)84-53-45-70(80)62(86-64(77)52-41-34-29-35-42-52)60-68(7,54(74)44-55-69(60,46-82-55)87-49(4)73)61(75)58(83-48(3)72)56(47(53)2)67(70,5)6/h9-10,12-13,15-16,18-19,21-22,24-25,27-35,37-42,53-55,57-60,62,74,80H,8,11,14,17,20,23,26,36,43-46H2,1-7H3,(H,71,76)/b10-9-,13-12-,16-15-,19-18-,22-21-,25-24-/t53-,54-,55+,57-,58+,59+,60?,62-,68+,69-,70+/m0/s1. The van der Waals surface area contributed by atoms with E-state index in [1.54, 1.807) is 92.7 Å². The minimum absolute atomic E-state index is 0.0434. The highest BCUT2D eigenvalue weighted by Crippen LogP contribution is 2.64. The highest BCUT2D eigenvalue weighted by atomic mass is 16.7. The van der Waals surface area contributed by atoms with Gasteiger partial charge >= 0.3 is 30.0 Å². The van der Waals surface area contributed by atoms with Crippen molar-refractivity contribution in [1.82, 2.24) is 5.32 Å². The number of benzene rings is 3. The van der Waals surface area contributed by atoms with Crippen molar-refractivity contribution in [3.05, 3.63) is 192 Å².